The van der Waals surface area contributed by atoms with Crippen LogP contribution in [0.4, 0.5) is 4.39 Å². The molecule has 0 amide bonds. The van der Waals surface area contributed by atoms with Crippen LogP contribution in [0.2, 0.25) is 0 Å². The summed E-state index contributed by atoms with van der Waals surface area (Å²) in [6.45, 7) is 0. The van der Waals surface area contributed by atoms with Gasteiger partial charge >= 0.3 is 0 Å². The first-order chi connectivity index (χ1) is 6.75. The van der Waals surface area contributed by atoms with Gasteiger partial charge in [0.25, 0.3) is 0 Å². The van der Waals surface area contributed by atoms with Crippen molar-refractivity contribution in [1.29, 1.82) is 0 Å². The fourth-order valence-electron chi connectivity index (χ4n) is 1.82. The second-order valence-electron chi connectivity index (χ2n) is 3.78. The van der Waals surface area contributed by atoms with Crippen molar-refractivity contribution in [1.82, 2.24) is 4.57 Å². The molecule has 3 rings (SSSR count). The minimum Gasteiger partial charge on any atom is -0.344 e. The zero-order chi connectivity index (χ0) is 9.71. The fourth-order valence-corrected chi connectivity index (χ4v) is 2.15. The van der Waals surface area contributed by atoms with Gasteiger partial charge in [-0.2, -0.15) is 0 Å². The van der Waals surface area contributed by atoms with Crippen LogP contribution < -0.4 is 0 Å². The predicted octanol–water partition coefficient (Wildman–Crippen LogP) is 3.88. The minimum absolute atomic E-state index is 0.189. The summed E-state index contributed by atoms with van der Waals surface area (Å²) < 4.78 is 16.0. The predicted molar refractivity (Wildman–Crippen MR) is 57.9 cm³/mol. The Balaban J connectivity index is 2.29. The van der Waals surface area contributed by atoms with Crippen LogP contribution in [0.3, 0.4) is 0 Å². The number of fused-ring (bicyclic) bond motifs is 1. The van der Waals surface area contributed by atoms with Gasteiger partial charge in [-0.3, -0.25) is 0 Å². The van der Waals surface area contributed by atoms with Gasteiger partial charge in [0.1, 0.15) is 5.82 Å². The van der Waals surface area contributed by atoms with Crippen LogP contribution in [0.25, 0.3) is 10.9 Å². The average molecular weight is 254 g/mol. The zero-order valence-electron chi connectivity index (χ0n) is 7.50. The number of benzene rings is 1. The second-order valence-corrected chi connectivity index (χ2v) is 4.63. The van der Waals surface area contributed by atoms with Crippen LogP contribution in [0.1, 0.15) is 18.9 Å². The average Bonchev–Trinajstić information content (AvgIpc) is 2.91. The molecule has 0 saturated heterocycles. The summed E-state index contributed by atoms with van der Waals surface area (Å²) in [5, 5.41) is 0.984. The first-order valence-electron chi connectivity index (χ1n) is 4.71. The molecule has 1 saturated carbocycles. The Morgan fingerprint density at radius 3 is 2.86 bits per heavy atom. The molecule has 0 bridgehead atoms. The van der Waals surface area contributed by atoms with E-state index in [-0.39, 0.29) is 5.82 Å². The molecule has 1 heterocycles. The molecule has 0 N–H and O–H groups in total. The van der Waals surface area contributed by atoms with Crippen LogP contribution in [-0.2, 0) is 0 Å². The molecular formula is C11H9BrFN. The normalized spacial score (nSPS) is 16.4. The Hall–Kier alpha value is -0.830. The van der Waals surface area contributed by atoms with Crippen molar-refractivity contribution < 1.29 is 4.39 Å². The summed E-state index contributed by atoms with van der Waals surface area (Å²) in [6, 6.07) is 6.06. The topological polar surface area (TPSA) is 4.93 Å². The third-order valence-corrected chi connectivity index (χ3v) is 3.31. The van der Waals surface area contributed by atoms with Crippen molar-refractivity contribution in [2.45, 2.75) is 18.9 Å². The Bertz CT molecular complexity index is 499. The summed E-state index contributed by atoms with van der Waals surface area (Å²) >= 11 is 3.22. The van der Waals surface area contributed by atoms with Gasteiger partial charge in [-0.25, -0.2) is 4.39 Å². The highest BCUT2D eigenvalue weighted by molar-refractivity contribution is 9.10. The van der Waals surface area contributed by atoms with Gasteiger partial charge in [-0.05, 0) is 47.0 Å². The highest BCUT2D eigenvalue weighted by atomic mass is 79.9. The number of rotatable bonds is 1. The molecule has 1 aromatic heterocycles. The summed E-state index contributed by atoms with van der Waals surface area (Å²) in [5.41, 5.74) is 1.13. The molecule has 1 nitrogen and oxygen atoms in total. The van der Waals surface area contributed by atoms with Crippen molar-refractivity contribution in [2.24, 2.45) is 0 Å². The number of hydrogen-bond donors (Lipinski definition) is 0. The smallest absolute Gasteiger partial charge is 0.138 e. The number of aromatic nitrogens is 1. The van der Waals surface area contributed by atoms with E-state index in [4.69, 9.17) is 0 Å². The first kappa shape index (κ1) is 8.48. The Kier molecular flexibility index (Phi) is 1.71. The largest absolute Gasteiger partial charge is 0.344 e. The van der Waals surface area contributed by atoms with E-state index >= 15 is 0 Å². The molecule has 3 heteroatoms. The monoisotopic (exact) mass is 253 g/mol. The van der Waals surface area contributed by atoms with Gasteiger partial charge in [0, 0.05) is 23.1 Å². The highest BCUT2D eigenvalue weighted by Crippen LogP contribution is 2.38. The van der Waals surface area contributed by atoms with Crippen molar-refractivity contribution >= 4 is 26.8 Å². The van der Waals surface area contributed by atoms with E-state index in [0.717, 1.165) is 10.9 Å². The van der Waals surface area contributed by atoms with Gasteiger partial charge in [0.05, 0.1) is 4.47 Å². The zero-order valence-corrected chi connectivity index (χ0v) is 9.09. The Labute approximate surface area is 89.7 Å². The molecule has 14 heavy (non-hydrogen) atoms. The molecule has 2 aromatic rings. The lowest BCUT2D eigenvalue weighted by Crippen LogP contribution is -1.90. The van der Waals surface area contributed by atoms with Crippen molar-refractivity contribution in [2.75, 3.05) is 0 Å². The van der Waals surface area contributed by atoms with Crippen LogP contribution in [0.15, 0.2) is 28.9 Å². The lowest BCUT2D eigenvalue weighted by Gasteiger charge is -2.02. The van der Waals surface area contributed by atoms with Gasteiger partial charge in [-0.15, -0.1) is 0 Å². The maximum atomic E-state index is 13.2. The molecule has 0 unspecified atom stereocenters. The summed E-state index contributed by atoms with van der Waals surface area (Å²) in [5.74, 6) is -0.189. The Morgan fingerprint density at radius 2 is 2.14 bits per heavy atom. The van der Waals surface area contributed by atoms with E-state index in [0.29, 0.717) is 10.5 Å². The standard InChI is InChI=1S/C11H9BrFN/c12-9-6-11-7(5-10(9)13)3-4-14(11)8-1-2-8/h3-6,8H,1-2H2. The van der Waals surface area contributed by atoms with Gasteiger partial charge in [0.15, 0.2) is 0 Å². The van der Waals surface area contributed by atoms with Crippen LogP contribution in [-0.4, -0.2) is 4.57 Å². The van der Waals surface area contributed by atoms with E-state index in [1.54, 1.807) is 6.07 Å². The number of nitrogens with zero attached hydrogens (tertiary/aromatic N) is 1. The highest BCUT2D eigenvalue weighted by Gasteiger charge is 2.24. The first-order valence-corrected chi connectivity index (χ1v) is 5.50. The summed E-state index contributed by atoms with van der Waals surface area (Å²) in [7, 11) is 0. The molecule has 1 aromatic carbocycles. The van der Waals surface area contributed by atoms with Gasteiger partial charge in [-0.1, -0.05) is 0 Å². The van der Waals surface area contributed by atoms with Gasteiger partial charge in [0.2, 0.25) is 0 Å². The number of hydrogen-bond acceptors (Lipinski definition) is 0. The van der Waals surface area contributed by atoms with E-state index in [1.807, 2.05) is 18.3 Å². The molecule has 0 spiro atoms. The lowest BCUT2D eigenvalue weighted by molar-refractivity contribution is 0.623. The molecule has 72 valence electrons. The van der Waals surface area contributed by atoms with E-state index in [1.165, 1.54) is 12.8 Å². The van der Waals surface area contributed by atoms with Gasteiger partial charge < -0.3 is 4.57 Å². The molecule has 1 aliphatic carbocycles. The van der Waals surface area contributed by atoms with Crippen molar-refractivity contribution in [3.05, 3.63) is 34.7 Å². The third-order valence-electron chi connectivity index (χ3n) is 2.70. The quantitative estimate of drug-likeness (QED) is 0.727. The summed E-state index contributed by atoms with van der Waals surface area (Å²) in [6.07, 6.45) is 4.55. The molecule has 0 atom stereocenters. The molecular weight excluding hydrogens is 245 g/mol. The van der Waals surface area contributed by atoms with Crippen molar-refractivity contribution in [3.8, 4) is 0 Å². The Morgan fingerprint density at radius 1 is 1.36 bits per heavy atom. The fraction of sp³-hybridized carbons (Fsp3) is 0.273. The third kappa shape index (κ3) is 1.19. The van der Waals surface area contributed by atoms with Crippen molar-refractivity contribution in [3.63, 3.8) is 0 Å². The van der Waals surface area contributed by atoms with E-state index in [9.17, 15) is 4.39 Å². The van der Waals surface area contributed by atoms with E-state index < -0.39 is 0 Å². The second kappa shape index (κ2) is 2.83. The maximum Gasteiger partial charge on any atom is 0.138 e. The molecule has 0 aliphatic heterocycles. The molecule has 0 radical (unpaired) electrons. The SMILES string of the molecule is Fc1cc2ccn(C3CC3)c2cc1Br. The molecule has 1 aliphatic rings. The van der Waals surface area contributed by atoms with Crippen LogP contribution >= 0.6 is 15.9 Å². The lowest BCUT2D eigenvalue weighted by atomic mass is 10.2. The van der Waals surface area contributed by atoms with Crippen LogP contribution in [0.5, 0.6) is 0 Å². The molecule has 1 fully saturated rings. The summed E-state index contributed by atoms with van der Waals surface area (Å²) in [4.78, 5) is 0. The van der Waals surface area contributed by atoms with Crippen LogP contribution in [0, 0.1) is 5.82 Å². The minimum atomic E-state index is -0.189. The maximum absolute atomic E-state index is 13.2. The van der Waals surface area contributed by atoms with E-state index in [2.05, 4.69) is 20.5 Å². The number of halogens is 2.